The van der Waals surface area contributed by atoms with Gasteiger partial charge in [-0.1, -0.05) is 32.0 Å². The minimum atomic E-state index is -1.00. The zero-order valence-corrected chi connectivity index (χ0v) is 13.9. The number of likely N-dealkylation sites (tertiary alicyclic amines) is 1. The Balaban J connectivity index is 2.04. The summed E-state index contributed by atoms with van der Waals surface area (Å²) in [5, 5.41) is 14.6. The number of carbonyl (C=O) groups is 3. The molecule has 0 aliphatic carbocycles. The first-order chi connectivity index (χ1) is 11.4. The molecule has 1 aliphatic heterocycles. The highest BCUT2D eigenvalue weighted by molar-refractivity contribution is 5.95. The molecule has 1 fully saturated rings. The number of aliphatic carboxylic acids is 1. The van der Waals surface area contributed by atoms with Crippen LogP contribution in [0.1, 0.15) is 26.7 Å². The average Bonchev–Trinajstić information content (AvgIpc) is 3.02. The van der Waals surface area contributed by atoms with Gasteiger partial charge in [0.05, 0.1) is 0 Å². The van der Waals surface area contributed by atoms with Crippen LogP contribution in [-0.2, 0) is 9.59 Å². The Bertz CT molecular complexity index is 603. The van der Waals surface area contributed by atoms with Crippen molar-refractivity contribution in [2.45, 2.75) is 38.8 Å². The molecule has 24 heavy (non-hydrogen) atoms. The molecule has 1 aromatic rings. The summed E-state index contributed by atoms with van der Waals surface area (Å²) in [6, 6.07) is 6.85. The minimum Gasteiger partial charge on any atom is -0.480 e. The Morgan fingerprint density at radius 3 is 2.46 bits per heavy atom. The summed E-state index contributed by atoms with van der Waals surface area (Å²) in [6.45, 7) is 4.04. The van der Waals surface area contributed by atoms with E-state index in [1.165, 1.54) is 4.90 Å². The molecule has 3 N–H and O–H groups in total. The predicted molar refractivity (Wildman–Crippen MR) is 89.6 cm³/mol. The monoisotopic (exact) mass is 333 g/mol. The Kier molecular flexibility index (Phi) is 5.78. The molecule has 2 rings (SSSR count). The van der Waals surface area contributed by atoms with E-state index in [1.807, 2.05) is 19.9 Å². The van der Waals surface area contributed by atoms with Crippen molar-refractivity contribution >= 4 is 23.6 Å². The second-order valence-corrected chi connectivity index (χ2v) is 6.21. The third kappa shape index (κ3) is 4.24. The number of hydrogen-bond acceptors (Lipinski definition) is 3. The maximum absolute atomic E-state index is 12.7. The standard InChI is InChI=1S/C17H23N3O4/c1-11(2)14(15(21)20-10-6-9-13(20)16(22)23)19-17(24)18-12-7-4-3-5-8-12/h3-5,7-8,11,13-14H,6,9-10H2,1-2H3,(H,22,23)(H2,18,19,24)/t13-,14-/m0/s1. The predicted octanol–water partition coefficient (Wildman–Crippen LogP) is 1.91. The van der Waals surface area contributed by atoms with Crippen LogP contribution < -0.4 is 10.6 Å². The lowest BCUT2D eigenvalue weighted by Crippen LogP contribution is -2.54. The SMILES string of the molecule is CC(C)[C@H](NC(=O)Nc1ccccc1)C(=O)N1CCC[C@H]1C(=O)O. The zero-order chi connectivity index (χ0) is 17.7. The van der Waals surface area contributed by atoms with Gasteiger partial charge < -0.3 is 20.6 Å². The maximum Gasteiger partial charge on any atom is 0.326 e. The van der Waals surface area contributed by atoms with E-state index in [9.17, 15) is 19.5 Å². The van der Waals surface area contributed by atoms with Gasteiger partial charge in [0.25, 0.3) is 0 Å². The molecule has 0 spiro atoms. The molecular formula is C17H23N3O4. The van der Waals surface area contributed by atoms with Gasteiger partial charge in [0.15, 0.2) is 0 Å². The normalized spacial score (nSPS) is 18.3. The van der Waals surface area contributed by atoms with Gasteiger partial charge in [0.2, 0.25) is 5.91 Å². The van der Waals surface area contributed by atoms with Gasteiger partial charge in [0.1, 0.15) is 12.1 Å². The lowest BCUT2D eigenvalue weighted by atomic mass is 10.0. The molecule has 1 aliphatic rings. The molecule has 0 aromatic heterocycles. The molecule has 0 saturated carbocycles. The summed E-state index contributed by atoms with van der Waals surface area (Å²) in [6.07, 6.45) is 1.10. The number of anilines is 1. The molecule has 0 bridgehead atoms. The molecule has 130 valence electrons. The zero-order valence-electron chi connectivity index (χ0n) is 13.9. The number of carboxylic acids is 1. The Morgan fingerprint density at radius 1 is 1.21 bits per heavy atom. The van der Waals surface area contributed by atoms with E-state index in [0.29, 0.717) is 25.1 Å². The van der Waals surface area contributed by atoms with Crippen LogP contribution in [0.25, 0.3) is 0 Å². The number of urea groups is 1. The molecule has 0 unspecified atom stereocenters. The maximum atomic E-state index is 12.7. The van der Waals surface area contributed by atoms with Crippen LogP contribution in [0.3, 0.4) is 0 Å². The van der Waals surface area contributed by atoms with Crippen LogP contribution >= 0.6 is 0 Å². The van der Waals surface area contributed by atoms with Gasteiger partial charge in [0, 0.05) is 12.2 Å². The first-order valence-electron chi connectivity index (χ1n) is 8.06. The Labute approximate surface area is 141 Å². The average molecular weight is 333 g/mol. The van der Waals surface area contributed by atoms with E-state index in [2.05, 4.69) is 10.6 Å². The fraction of sp³-hybridized carbons (Fsp3) is 0.471. The van der Waals surface area contributed by atoms with Crippen molar-refractivity contribution in [3.05, 3.63) is 30.3 Å². The van der Waals surface area contributed by atoms with Gasteiger partial charge in [-0.05, 0) is 30.9 Å². The lowest BCUT2D eigenvalue weighted by molar-refractivity contribution is -0.149. The van der Waals surface area contributed by atoms with E-state index >= 15 is 0 Å². The topological polar surface area (TPSA) is 98.7 Å². The first kappa shape index (κ1) is 17.8. The summed E-state index contributed by atoms with van der Waals surface area (Å²) >= 11 is 0. The number of carbonyl (C=O) groups excluding carboxylic acids is 2. The van der Waals surface area contributed by atoms with Gasteiger partial charge in [-0.3, -0.25) is 4.79 Å². The molecule has 1 heterocycles. The van der Waals surface area contributed by atoms with E-state index < -0.39 is 24.1 Å². The third-order valence-electron chi connectivity index (χ3n) is 4.07. The number of benzene rings is 1. The lowest BCUT2D eigenvalue weighted by Gasteiger charge is -2.29. The Morgan fingerprint density at radius 2 is 1.88 bits per heavy atom. The van der Waals surface area contributed by atoms with Gasteiger partial charge in [-0.25, -0.2) is 9.59 Å². The second-order valence-electron chi connectivity index (χ2n) is 6.21. The molecule has 1 saturated heterocycles. The molecular weight excluding hydrogens is 310 g/mol. The quantitative estimate of drug-likeness (QED) is 0.766. The molecule has 7 heteroatoms. The van der Waals surface area contributed by atoms with Crippen molar-refractivity contribution < 1.29 is 19.5 Å². The summed E-state index contributed by atoms with van der Waals surface area (Å²) < 4.78 is 0. The molecule has 3 amide bonds. The van der Waals surface area contributed by atoms with E-state index in [1.54, 1.807) is 24.3 Å². The smallest absolute Gasteiger partial charge is 0.326 e. The Hall–Kier alpha value is -2.57. The van der Waals surface area contributed by atoms with Crippen LogP contribution in [0.4, 0.5) is 10.5 Å². The number of para-hydroxylation sites is 1. The molecule has 2 atom stereocenters. The largest absolute Gasteiger partial charge is 0.480 e. The highest BCUT2D eigenvalue weighted by Gasteiger charge is 2.38. The van der Waals surface area contributed by atoms with E-state index in [0.717, 1.165) is 0 Å². The van der Waals surface area contributed by atoms with Crippen molar-refractivity contribution in [3.8, 4) is 0 Å². The summed E-state index contributed by atoms with van der Waals surface area (Å²) in [5.74, 6) is -1.51. The van der Waals surface area contributed by atoms with Crippen molar-refractivity contribution in [2.24, 2.45) is 5.92 Å². The van der Waals surface area contributed by atoms with Crippen LogP contribution in [0, 0.1) is 5.92 Å². The van der Waals surface area contributed by atoms with E-state index in [4.69, 9.17) is 0 Å². The summed E-state index contributed by atoms with van der Waals surface area (Å²) in [5.41, 5.74) is 0.620. The molecule has 0 radical (unpaired) electrons. The molecule has 7 nitrogen and oxygen atoms in total. The van der Waals surface area contributed by atoms with Gasteiger partial charge >= 0.3 is 12.0 Å². The third-order valence-corrected chi connectivity index (χ3v) is 4.07. The van der Waals surface area contributed by atoms with Crippen LogP contribution in [0.15, 0.2) is 30.3 Å². The van der Waals surface area contributed by atoms with Gasteiger partial charge in [-0.2, -0.15) is 0 Å². The number of rotatable bonds is 5. The van der Waals surface area contributed by atoms with Crippen molar-refractivity contribution in [1.82, 2.24) is 10.2 Å². The van der Waals surface area contributed by atoms with E-state index in [-0.39, 0.29) is 11.8 Å². The number of amides is 3. The summed E-state index contributed by atoms with van der Waals surface area (Å²) in [4.78, 5) is 37.5. The number of nitrogens with one attached hydrogen (secondary N) is 2. The first-order valence-corrected chi connectivity index (χ1v) is 8.06. The highest BCUT2D eigenvalue weighted by Crippen LogP contribution is 2.20. The number of hydrogen-bond donors (Lipinski definition) is 3. The van der Waals surface area contributed by atoms with Crippen molar-refractivity contribution in [3.63, 3.8) is 0 Å². The summed E-state index contributed by atoms with van der Waals surface area (Å²) in [7, 11) is 0. The molecule has 1 aromatic carbocycles. The van der Waals surface area contributed by atoms with Crippen LogP contribution in [0.2, 0.25) is 0 Å². The second kappa shape index (κ2) is 7.81. The van der Waals surface area contributed by atoms with Crippen LogP contribution in [-0.4, -0.2) is 46.5 Å². The van der Waals surface area contributed by atoms with Crippen molar-refractivity contribution in [2.75, 3.05) is 11.9 Å². The fourth-order valence-corrected chi connectivity index (χ4v) is 2.81. The minimum absolute atomic E-state index is 0.158. The number of carboxylic acid groups (broad SMARTS) is 1. The highest BCUT2D eigenvalue weighted by atomic mass is 16.4. The van der Waals surface area contributed by atoms with Gasteiger partial charge in [-0.15, -0.1) is 0 Å². The van der Waals surface area contributed by atoms with Crippen LogP contribution in [0.5, 0.6) is 0 Å². The van der Waals surface area contributed by atoms with Crippen molar-refractivity contribution in [1.29, 1.82) is 0 Å². The number of nitrogens with zero attached hydrogens (tertiary/aromatic N) is 1. The fourth-order valence-electron chi connectivity index (χ4n) is 2.81.